The summed E-state index contributed by atoms with van der Waals surface area (Å²) in [7, 11) is 0. The summed E-state index contributed by atoms with van der Waals surface area (Å²) in [5, 5.41) is 13.2. The number of benzene rings is 1. The molecule has 22 heavy (non-hydrogen) atoms. The molecule has 1 aliphatic rings. The highest BCUT2D eigenvalue weighted by molar-refractivity contribution is 5.93. The number of hydrogen-bond donors (Lipinski definition) is 1. The number of amides is 3. The van der Waals surface area contributed by atoms with Crippen LogP contribution in [0.3, 0.4) is 0 Å². The van der Waals surface area contributed by atoms with E-state index in [2.05, 4.69) is 5.32 Å². The number of carbonyl (C=O) groups excluding carboxylic acids is 2. The topological polar surface area (TPSA) is 102 Å². The van der Waals surface area contributed by atoms with Crippen molar-refractivity contribution in [3.63, 3.8) is 0 Å². The monoisotopic (exact) mass is 305 g/mol. The van der Waals surface area contributed by atoms with Gasteiger partial charge in [0.2, 0.25) is 0 Å². The van der Waals surface area contributed by atoms with Crippen LogP contribution in [-0.4, -0.2) is 28.6 Å². The minimum Gasteiger partial charge on any atom is -0.449 e. The van der Waals surface area contributed by atoms with Crippen molar-refractivity contribution < 1.29 is 19.2 Å². The Morgan fingerprint density at radius 3 is 2.59 bits per heavy atom. The number of nitro groups is 1. The first-order valence-electron chi connectivity index (χ1n) is 6.63. The Morgan fingerprint density at radius 2 is 2.05 bits per heavy atom. The smallest absolute Gasteiger partial charge is 0.418 e. The summed E-state index contributed by atoms with van der Waals surface area (Å²) in [6.07, 6.45) is 0.909. The fourth-order valence-corrected chi connectivity index (χ4v) is 2.14. The molecule has 1 heterocycles. The van der Waals surface area contributed by atoms with Crippen molar-refractivity contribution in [3.8, 4) is 0 Å². The van der Waals surface area contributed by atoms with Crippen LogP contribution in [0.5, 0.6) is 0 Å². The van der Waals surface area contributed by atoms with Crippen molar-refractivity contribution in [2.24, 2.45) is 0 Å². The van der Waals surface area contributed by atoms with Gasteiger partial charge in [0, 0.05) is 17.8 Å². The number of rotatable bonds is 3. The fourth-order valence-electron chi connectivity index (χ4n) is 2.14. The lowest BCUT2D eigenvalue weighted by Gasteiger charge is -2.31. The largest absolute Gasteiger partial charge is 0.449 e. The van der Waals surface area contributed by atoms with Crippen LogP contribution in [-0.2, 0) is 4.74 Å². The summed E-state index contributed by atoms with van der Waals surface area (Å²) >= 11 is 0. The van der Waals surface area contributed by atoms with E-state index >= 15 is 0 Å². The Balaban J connectivity index is 2.38. The molecule has 1 aromatic rings. The second kappa shape index (κ2) is 6.25. The molecule has 0 spiro atoms. The van der Waals surface area contributed by atoms with Crippen LogP contribution in [0.25, 0.3) is 0 Å². The van der Waals surface area contributed by atoms with E-state index < -0.39 is 23.1 Å². The molecule has 0 aliphatic carbocycles. The number of non-ortho nitro benzene ring substituents is 1. The lowest BCUT2D eigenvalue weighted by atomic mass is 10.0. The maximum absolute atomic E-state index is 12.0. The summed E-state index contributed by atoms with van der Waals surface area (Å²) in [6, 6.07) is 4.41. The Labute approximate surface area is 126 Å². The number of carbonyl (C=O) groups is 2. The summed E-state index contributed by atoms with van der Waals surface area (Å²) in [4.78, 5) is 35.1. The maximum atomic E-state index is 12.0. The zero-order valence-corrected chi connectivity index (χ0v) is 12.1. The van der Waals surface area contributed by atoms with Crippen LogP contribution in [0.2, 0.25) is 0 Å². The van der Waals surface area contributed by atoms with E-state index in [1.807, 2.05) is 0 Å². The SMILES string of the molecule is CCOC(=O)N1C(=O)NC(C)=CC1c1ccc([N+](=O)[O-])cc1. The van der Waals surface area contributed by atoms with Crippen LogP contribution in [0.15, 0.2) is 36.0 Å². The van der Waals surface area contributed by atoms with Gasteiger partial charge in [-0.25, -0.2) is 14.5 Å². The van der Waals surface area contributed by atoms with Crippen molar-refractivity contribution in [2.75, 3.05) is 6.61 Å². The fraction of sp³-hybridized carbons (Fsp3) is 0.286. The number of imide groups is 1. The van der Waals surface area contributed by atoms with Gasteiger partial charge in [-0.3, -0.25) is 10.1 Å². The average molecular weight is 305 g/mol. The third-order valence-electron chi connectivity index (χ3n) is 3.12. The maximum Gasteiger partial charge on any atom is 0.418 e. The van der Waals surface area contributed by atoms with Crippen molar-refractivity contribution in [3.05, 3.63) is 51.7 Å². The van der Waals surface area contributed by atoms with Gasteiger partial charge in [-0.05, 0) is 37.6 Å². The number of nitrogens with one attached hydrogen (secondary N) is 1. The first kappa shape index (κ1) is 15.5. The molecule has 8 heteroatoms. The van der Waals surface area contributed by atoms with Crippen LogP contribution >= 0.6 is 0 Å². The van der Waals surface area contributed by atoms with Gasteiger partial charge < -0.3 is 10.1 Å². The van der Waals surface area contributed by atoms with Gasteiger partial charge >= 0.3 is 12.1 Å². The van der Waals surface area contributed by atoms with Gasteiger partial charge in [0.05, 0.1) is 17.6 Å². The van der Waals surface area contributed by atoms with Gasteiger partial charge in [0.25, 0.3) is 5.69 Å². The van der Waals surface area contributed by atoms with Gasteiger partial charge in [-0.15, -0.1) is 0 Å². The Morgan fingerprint density at radius 1 is 1.41 bits per heavy atom. The molecule has 0 saturated carbocycles. The van der Waals surface area contributed by atoms with Gasteiger partial charge in [-0.1, -0.05) is 0 Å². The van der Waals surface area contributed by atoms with Crippen molar-refractivity contribution >= 4 is 17.8 Å². The number of allylic oxidation sites excluding steroid dienone is 1. The Hall–Kier alpha value is -2.90. The predicted octanol–water partition coefficient (Wildman–Crippen LogP) is 2.72. The average Bonchev–Trinajstić information content (AvgIpc) is 2.46. The second-order valence-electron chi connectivity index (χ2n) is 4.64. The molecule has 0 aromatic heterocycles. The normalized spacial score (nSPS) is 17.5. The third-order valence-corrected chi connectivity index (χ3v) is 3.12. The first-order valence-corrected chi connectivity index (χ1v) is 6.63. The van der Waals surface area contributed by atoms with E-state index in [0.717, 1.165) is 4.90 Å². The molecule has 0 fully saturated rings. The first-order chi connectivity index (χ1) is 10.4. The van der Waals surface area contributed by atoms with E-state index in [-0.39, 0.29) is 12.3 Å². The zero-order chi connectivity index (χ0) is 16.3. The Kier molecular flexibility index (Phi) is 4.40. The molecule has 1 aliphatic heterocycles. The predicted molar refractivity (Wildman–Crippen MR) is 77.0 cm³/mol. The molecular weight excluding hydrogens is 290 g/mol. The van der Waals surface area contributed by atoms with E-state index in [4.69, 9.17) is 4.74 Å². The number of ether oxygens (including phenoxy) is 1. The van der Waals surface area contributed by atoms with Gasteiger partial charge in [-0.2, -0.15) is 0 Å². The number of urea groups is 1. The van der Waals surface area contributed by atoms with Crippen LogP contribution in [0.1, 0.15) is 25.5 Å². The standard InChI is InChI=1S/C14H15N3O5/c1-3-22-14(19)16-12(8-9(2)15-13(16)18)10-4-6-11(7-5-10)17(20)21/h4-8,12H,3H2,1-2H3,(H,15,18). The highest BCUT2D eigenvalue weighted by atomic mass is 16.6. The van der Waals surface area contributed by atoms with E-state index in [0.29, 0.717) is 11.3 Å². The van der Waals surface area contributed by atoms with Gasteiger partial charge in [0.1, 0.15) is 0 Å². The van der Waals surface area contributed by atoms with E-state index in [9.17, 15) is 19.7 Å². The molecule has 3 amide bonds. The quantitative estimate of drug-likeness (QED) is 0.683. The molecule has 116 valence electrons. The number of nitro benzene ring substituents is 1. The summed E-state index contributed by atoms with van der Waals surface area (Å²) in [5.41, 5.74) is 1.11. The minimum atomic E-state index is -0.771. The van der Waals surface area contributed by atoms with Crippen LogP contribution in [0, 0.1) is 10.1 Å². The summed E-state index contributed by atoms with van der Waals surface area (Å²) in [6.45, 7) is 3.47. The Bertz CT molecular complexity index is 638. The molecule has 0 bridgehead atoms. The summed E-state index contributed by atoms with van der Waals surface area (Å²) < 4.78 is 4.89. The molecule has 8 nitrogen and oxygen atoms in total. The van der Waals surface area contributed by atoms with E-state index in [1.54, 1.807) is 19.9 Å². The molecule has 2 rings (SSSR count). The molecule has 0 radical (unpaired) electrons. The molecule has 0 saturated heterocycles. The second-order valence-corrected chi connectivity index (χ2v) is 4.64. The minimum absolute atomic E-state index is 0.0626. The van der Waals surface area contributed by atoms with Crippen molar-refractivity contribution in [2.45, 2.75) is 19.9 Å². The van der Waals surface area contributed by atoms with E-state index in [1.165, 1.54) is 24.3 Å². The third kappa shape index (κ3) is 3.05. The molecule has 1 N–H and O–H groups in total. The van der Waals surface area contributed by atoms with Crippen LogP contribution < -0.4 is 5.32 Å². The van der Waals surface area contributed by atoms with Crippen molar-refractivity contribution in [1.82, 2.24) is 10.2 Å². The number of hydrogen-bond acceptors (Lipinski definition) is 5. The molecular formula is C14H15N3O5. The van der Waals surface area contributed by atoms with Gasteiger partial charge in [0.15, 0.2) is 0 Å². The van der Waals surface area contributed by atoms with Crippen molar-refractivity contribution in [1.29, 1.82) is 0 Å². The highest BCUT2D eigenvalue weighted by Crippen LogP contribution is 2.28. The lowest BCUT2D eigenvalue weighted by Crippen LogP contribution is -2.48. The zero-order valence-electron chi connectivity index (χ0n) is 12.1. The highest BCUT2D eigenvalue weighted by Gasteiger charge is 2.34. The summed E-state index contributed by atoms with van der Waals surface area (Å²) in [5.74, 6) is 0. The molecule has 1 unspecified atom stereocenters. The molecule has 1 aromatic carbocycles. The lowest BCUT2D eigenvalue weighted by molar-refractivity contribution is -0.384. The molecule has 1 atom stereocenters. The number of nitrogens with zero attached hydrogens (tertiary/aromatic N) is 2. The van der Waals surface area contributed by atoms with Crippen LogP contribution in [0.4, 0.5) is 15.3 Å².